The van der Waals surface area contributed by atoms with Crippen LogP contribution in [0.4, 0.5) is 0 Å². The van der Waals surface area contributed by atoms with Crippen LogP contribution in [0.25, 0.3) is 0 Å². The Morgan fingerprint density at radius 3 is 0.957 bits per heavy atom. The zero-order valence-corrected chi connectivity index (χ0v) is 39.7. The second-order valence-corrected chi connectivity index (χ2v) is 36.8. The topological polar surface area (TPSA) is 0 Å². The van der Waals surface area contributed by atoms with Crippen LogP contribution in [0.5, 0.6) is 0 Å². The Morgan fingerprint density at radius 2 is 0.745 bits per heavy atom. The van der Waals surface area contributed by atoms with Gasteiger partial charge in [-0.15, -0.1) is 0 Å². The van der Waals surface area contributed by atoms with E-state index in [-0.39, 0.29) is 42.3 Å². The molecule has 0 spiro atoms. The van der Waals surface area contributed by atoms with E-state index in [1.807, 2.05) is 0 Å². The van der Waals surface area contributed by atoms with Crippen molar-refractivity contribution in [3.05, 3.63) is 91.9 Å². The van der Waals surface area contributed by atoms with Crippen molar-refractivity contribution in [2.75, 3.05) is 0 Å². The van der Waals surface area contributed by atoms with Crippen LogP contribution in [0, 0.1) is 20.8 Å². The summed E-state index contributed by atoms with van der Waals surface area (Å²) in [4.78, 5) is 0. The molecule has 0 amide bonds. The van der Waals surface area contributed by atoms with E-state index in [0.29, 0.717) is 0 Å². The number of hydrogen-bond donors (Lipinski definition) is 0. The summed E-state index contributed by atoms with van der Waals surface area (Å²) in [5.74, 6) is 0. The Morgan fingerprint density at radius 1 is 0.468 bits per heavy atom. The molecule has 0 saturated carbocycles. The van der Waals surface area contributed by atoms with Crippen molar-refractivity contribution in [1.29, 1.82) is 0 Å². The predicted octanol–water partition coefficient (Wildman–Crippen LogP) is -1.34. The molecule has 1 aliphatic carbocycles. The molecule has 1 atom stereocenters. The van der Waals surface area contributed by atoms with Gasteiger partial charge in [0.25, 0.3) is 0 Å². The number of halogens is 3. The third-order valence-electron chi connectivity index (χ3n) is 10.9. The summed E-state index contributed by atoms with van der Waals surface area (Å²) in [5, 5.41) is 10.1. The first-order valence-corrected chi connectivity index (χ1v) is 29.8. The molecule has 0 saturated heterocycles. The Labute approximate surface area is 322 Å². The molecule has 0 aromatic heterocycles. The van der Waals surface area contributed by atoms with Crippen LogP contribution in [0.3, 0.4) is 0 Å². The van der Waals surface area contributed by atoms with Gasteiger partial charge < -0.3 is 37.2 Å². The molecule has 3 aromatic rings. The van der Waals surface area contributed by atoms with Crippen molar-refractivity contribution in [3.8, 4) is 0 Å². The zero-order valence-electron chi connectivity index (χ0n) is 31.8. The van der Waals surface area contributed by atoms with Gasteiger partial charge in [0.15, 0.2) is 0 Å². The number of allylic oxidation sites excluding steroid dienone is 4. The number of hydrogen-bond acceptors (Lipinski definition) is 0. The summed E-state index contributed by atoms with van der Waals surface area (Å²) in [7, 11) is -8.28. The van der Waals surface area contributed by atoms with Gasteiger partial charge in [0.2, 0.25) is 0 Å². The third kappa shape index (κ3) is 7.08. The van der Waals surface area contributed by atoms with E-state index in [1.54, 1.807) is 40.6 Å². The van der Waals surface area contributed by atoms with Gasteiger partial charge in [-0.3, -0.25) is 0 Å². The van der Waals surface area contributed by atoms with E-state index in [9.17, 15) is 0 Å². The zero-order chi connectivity index (χ0) is 33.4. The first kappa shape index (κ1) is 44.6. The molecule has 3 aromatic carbocycles. The predicted molar refractivity (Wildman–Crippen MR) is 207 cm³/mol. The van der Waals surface area contributed by atoms with Crippen LogP contribution in [-0.2, 0) is 20.4 Å². The fraction of sp³-hybridized carbons (Fsp3) is 0.436. The molecule has 0 N–H and O–H groups in total. The Balaban J connectivity index is 0.00000368. The summed E-state index contributed by atoms with van der Waals surface area (Å²) in [6.07, 6.45) is 0. The summed E-state index contributed by atoms with van der Waals surface area (Å²) < 4.78 is 1.60. The number of aryl methyl sites for hydroxylation is 3. The van der Waals surface area contributed by atoms with E-state index >= 15 is 0 Å². The maximum absolute atomic E-state index is 2.93. The van der Waals surface area contributed by atoms with Gasteiger partial charge in [-0.05, 0) is 0 Å². The minimum atomic E-state index is -2.93. The van der Waals surface area contributed by atoms with Crippen molar-refractivity contribution in [2.45, 2.75) is 112 Å². The fourth-order valence-corrected chi connectivity index (χ4v) is 26.6. The maximum Gasteiger partial charge on any atom is -1.00 e. The van der Waals surface area contributed by atoms with Crippen molar-refractivity contribution >= 4 is 63.4 Å². The van der Waals surface area contributed by atoms with E-state index in [0.717, 1.165) is 0 Å². The first-order chi connectivity index (χ1) is 20.1. The molecule has 0 fully saturated rings. The van der Waals surface area contributed by atoms with E-state index in [2.05, 4.69) is 182 Å². The molecule has 0 nitrogen and oxygen atoms in total. The summed E-state index contributed by atoms with van der Waals surface area (Å²) in [6, 6.07) is 22.1. The van der Waals surface area contributed by atoms with Gasteiger partial charge in [0.1, 0.15) is 0 Å². The second kappa shape index (κ2) is 15.1. The van der Waals surface area contributed by atoms with Gasteiger partial charge in [-0.1, -0.05) is 0 Å². The van der Waals surface area contributed by atoms with Crippen LogP contribution in [0.2, 0.25) is 64.0 Å². The fourth-order valence-electron chi connectivity index (χ4n) is 8.37. The molecule has 0 heterocycles. The Hall–Kier alpha value is -0.408. The van der Waals surface area contributed by atoms with Crippen molar-refractivity contribution in [1.82, 2.24) is 0 Å². The first-order valence-electron chi connectivity index (χ1n) is 16.5. The number of rotatable bonds is 7. The molecule has 254 valence electrons. The van der Waals surface area contributed by atoms with E-state index in [1.165, 1.54) is 27.8 Å². The van der Waals surface area contributed by atoms with Crippen LogP contribution >= 0.6 is 0 Å². The standard InChI is InChI=1S/C39H57Si4.3ClH.Ti/c1-27-20-17-23-33(40(8,9)10)36(27)43(39(7)26-30(4)31(5)32(39)6,37-28(2)21-18-24-34(37)41(11,12)13)38-29(3)22-19-25-35(38)42(14,15)16;;;;/h17-25H,1-16H3;3*1H;/q;;;;+3/p-3. The number of benzene rings is 3. The molecule has 4 rings (SSSR count). The normalized spacial score (nSPS) is 17.3. The van der Waals surface area contributed by atoms with Crippen LogP contribution in [-0.4, -0.2) is 32.3 Å². The van der Waals surface area contributed by atoms with Crippen molar-refractivity contribution in [2.24, 2.45) is 0 Å². The van der Waals surface area contributed by atoms with E-state index < -0.39 is 32.3 Å². The van der Waals surface area contributed by atoms with E-state index in [4.69, 9.17) is 0 Å². The Kier molecular flexibility index (Phi) is 14.3. The van der Waals surface area contributed by atoms with Gasteiger partial charge >= 0.3 is 288 Å². The minimum absolute atomic E-state index is 0. The van der Waals surface area contributed by atoms with Crippen LogP contribution in [0.1, 0.15) is 44.4 Å². The molecule has 0 bridgehead atoms. The molecule has 0 radical (unpaired) electrons. The van der Waals surface area contributed by atoms with Gasteiger partial charge in [-0.25, -0.2) is 0 Å². The monoisotopic (exact) mass is 790 g/mol. The molecule has 47 heavy (non-hydrogen) atoms. The van der Waals surface area contributed by atoms with Gasteiger partial charge in [-0.2, -0.15) is 0 Å². The Bertz CT molecular complexity index is 1520. The summed E-state index contributed by atoms with van der Waals surface area (Å²) in [5.41, 5.74) is 9.10. The van der Waals surface area contributed by atoms with Crippen molar-refractivity contribution in [3.63, 3.8) is 0 Å². The average Bonchev–Trinajstić information content (AvgIpc) is 3.05. The third-order valence-corrected chi connectivity index (χ3v) is 25.8. The van der Waals surface area contributed by atoms with Gasteiger partial charge in [0, 0.05) is 0 Å². The van der Waals surface area contributed by atoms with Crippen LogP contribution < -0.4 is 68.3 Å². The van der Waals surface area contributed by atoms with Crippen LogP contribution in [0.15, 0.2) is 75.2 Å². The second-order valence-electron chi connectivity index (χ2n) is 16.9. The molecular formula is C39H57Cl3Si4Ti. The summed E-state index contributed by atoms with van der Waals surface area (Å²) in [6.45, 7) is 40.6. The maximum atomic E-state index is 2.70. The molecule has 0 aliphatic heterocycles. The molecular weight excluding hydrogens is 735 g/mol. The molecule has 8 heteroatoms. The average molecular weight is 792 g/mol. The largest absolute Gasteiger partial charge is 1.00 e. The smallest absolute Gasteiger partial charge is 1.00 e. The molecule has 1 aliphatic rings. The quantitative estimate of drug-likeness (QED) is 0.206. The summed E-state index contributed by atoms with van der Waals surface area (Å²) >= 11 is 2.50. The molecule has 1 unspecified atom stereocenters. The minimum Gasteiger partial charge on any atom is -1.00 e. The SMILES string of the molecule is CC1=C(C)C(C)([Si](c2c(C)cccc2[Si](C)(C)C)(c2c(C)cccc2[Si](C)(C)C)c2c(C)cccc2[Si](C)(C)C)[C]([Ti+3])=C1C.[Cl-].[Cl-].[Cl-]. The van der Waals surface area contributed by atoms with Crippen molar-refractivity contribution < 1.29 is 57.7 Å². The van der Waals surface area contributed by atoms with Gasteiger partial charge in [0.05, 0.1) is 0 Å².